The molecule has 2 aromatic carbocycles. The van der Waals surface area contributed by atoms with Gasteiger partial charge in [0.15, 0.2) is 0 Å². The maximum atomic E-state index is 13.1. The maximum Gasteiger partial charge on any atom is 0.416 e. The van der Waals surface area contributed by atoms with Crippen LogP contribution in [0, 0.1) is 5.92 Å². The monoisotopic (exact) mass is 405 g/mol. The Kier molecular flexibility index (Phi) is 6.22. The molecule has 0 saturated carbocycles. The third kappa shape index (κ3) is 5.14. The molecule has 0 spiro atoms. The lowest BCUT2D eigenvalue weighted by molar-refractivity contribution is -0.137. The van der Waals surface area contributed by atoms with Crippen LogP contribution in [-0.4, -0.2) is 29.8 Å². The smallest absolute Gasteiger partial charge is 0.369 e. The number of halogens is 3. The third-order valence-corrected chi connectivity index (χ3v) is 5.12. The Hall–Kier alpha value is -2.87. The van der Waals surface area contributed by atoms with E-state index in [0.29, 0.717) is 25.9 Å². The van der Waals surface area contributed by atoms with Crippen molar-refractivity contribution >= 4 is 17.5 Å². The molecule has 1 unspecified atom stereocenters. The zero-order valence-corrected chi connectivity index (χ0v) is 15.7. The highest BCUT2D eigenvalue weighted by atomic mass is 19.4. The number of carbonyl (C=O) groups excluding carboxylic acids is 2. The molecule has 2 amide bonds. The molecule has 1 fully saturated rings. The minimum Gasteiger partial charge on any atom is -0.369 e. The summed E-state index contributed by atoms with van der Waals surface area (Å²) in [4.78, 5) is 26.4. The molecule has 1 atom stereocenters. The topological polar surface area (TPSA) is 75.4 Å². The van der Waals surface area contributed by atoms with Crippen LogP contribution in [0.15, 0.2) is 54.6 Å². The quantitative estimate of drug-likeness (QED) is 0.798. The summed E-state index contributed by atoms with van der Waals surface area (Å²) in [7, 11) is 0. The van der Waals surface area contributed by atoms with Crippen molar-refractivity contribution in [2.45, 2.75) is 25.1 Å². The normalized spacial score (nSPS) is 16.9. The average Bonchev–Trinajstić information content (AvgIpc) is 2.69. The number of hydrogen-bond donors (Lipinski definition) is 2. The number of benzene rings is 2. The van der Waals surface area contributed by atoms with Gasteiger partial charge in [0, 0.05) is 11.6 Å². The lowest BCUT2D eigenvalue weighted by Gasteiger charge is -2.36. The summed E-state index contributed by atoms with van der Waals surface area (Å²) in [5, 5.41) is 2.61. The van der Waals surface area contributed by atoms with Crippen LogP contribution in [0.3, 0.4) is 0 Å². The Bertz CT molecular complexity index is 863. The molecule has 8 heteroatoms. The summed E-state index contributed by atoms with van der Waals surface area (Å²) in [5.41, 5.74) is 5.37. The second-order valence-corrected chi connectivity index (χ2v) is 7.09. The van der Waals surface area contributed by atoms with Gasteiger partial charge in [-0.05, 0) is 49.7 Å². The highest BCUT2D eigenvalue weighted by molar-refractivity contribution is 5.95. The van der Waals surface area contributed by atoms with Crippen molar-refractivity contribution in [1.82, 2.24) is 4.90 Å². The number of piperidine rings is 1. The fraction of sp³-hybridized carbons (Fsp3) is 0.333. The SMILES string of the molecule is NC(=O)C1CCN(C(C(=O)Nc2cccc(C(F)(F)F)c2)c2ccccc2)CC1. The van der Waals surface area contributed by atoms with Gasteiger partial charge >= 0.3 is 6.18 Å². The van der Waals surface area contributed by atoms with Crippen LogP contribution in [0.1, 0.15) is 30.0 Å². The molecule has 1 heterocycles. The number of alkyl halides is 3. The van der Waals surface area contributed by atoms with Gasteiger partial charge in [-0.1, -0.05) is 36.4 Å². The molecule has 3 rings (SSSR count). The number of nitrogens with zero attached hydrogens (tertiary/aromatic N) is 1. The number of rotatable bonds is 5. The molecule has 0 bridgehead atoms. The molecule has 0 radical (unpaired) electrons. The number of amides is 2. The minimum absolute atomic E-state index is 0.0813. The molecule has 0 aliphatic carbocycles. The van der Waals surface area contributed by atoms with Gasteiger partial charge in [0.25, 0.3) is 0 Å². The van der Waals surface area contributed by atoms with E-state index in [2.05, 4.69) is 5.32 Å². The predicted octanol–water partition coefficient (Wildman–Crippen LogP) is 3.58. The Balaban J connectivity index is 1.82. The van der Waals surface area contributed by atoms with Crippen molar-refractivity contribution in [3.05, 3.63) is 65.7 Å². The van der Waals surface area contributed by atoms with Crippen molar-refractivity contribution in [3.8, 4) is 0 Å². The molecule has 1 aliphatic heterocycles. The number of carbonyl (C=O) groups is 2. The van der Waals surface area contributed by atoms with Crippen molar-refractivity contribution in [1.29, 1.82) is 0 Å². The maximum absolute atomic E-state index is 13.1. The van der Waals surface area contributed by atoms with Crippen molar-refractivity contribution in [2.24, 2.45) is 11.7 Å². The van der Waals surface area contributed by atoms with Gasteiger partial charge in [0.2, 0.25) is 11.8 Å². The van der Waals surface area contributed by atoms with Crippen LogP contribution in [0.4, 0.5) is 18.9 Å². The summed E-state index contributed by atoms with van der Waals surface area (Å²) in [6.45, 7) is 0.979. The van der Waals surface area contributed by atoms with E-state index in [1.165, 1.54) is 12.1 Å². The van der Waals surface area contributed by atoms with Crippen LogP contribution < -0.4 is 11.1 Å². The number of nitrogens with one attached hydrogen (secondary N) is 1. The second kappa shape index (κ2) is 8.65. The molecule has 1 aliphatic rings. The molecule has 0 aromatic heterocycles. The summed E-state index contributed by atoms with van der Waals surface area (Å²) in [6.07, 6.45) is -3.42. The Morgan fingerprint density at radius 1 is 1.03 bits per heavy atom. The van der Waals surface area contributed by atoms with Crippen LogP contribution in [0.5, 0.6) is 0 Å². The van der Waals surface area contributed by atoms with Gasteiger partial charge in [-0.2, -0.15) is 13.2 Å². The zero-order chi connectivity index (χ0) is 21.0. The first-order chi connectivity index (χ1) is 13.8. The van der Waals surface area contributed by atoms with E-state index in [0.717, 1.165) is 17.7 Å². The number of nitrogens with two attached hydrogens (primary N) is 1. The van der Waals surface area contributed by atoms with E-state index in [4.69, 9.17) is 5.73 Å². The Morgan fingerprint density at radius 2 is 1.69 bits per heavy atom. The number of anilines is 1. The highest BCUT2D eigenvalue weighted by Gasteiger charge is 2.33. The van der Waals surface area contributed by atoms with E-state index < -0.39 is 23.7 Å². The largest absolute Gasteiger partial charge is 0.416 e. The third-order valence-electron chi connectivity index (χ3n) is 5.12. The van der Waals surface area contributed by atoms with Gasteiger partial charge in [0.1, 0.15) is 6.04 Å². The molecule has 5 nitrogen and oxygen atoms in total. The number of hydrogen-bond acceptors (Lipinski definition) is 3. The first-order valence-electron chi connectivity index (χ1n) is 9.32. The lowest BCUT2D eigenvalue weighted by atomic mass is 9.93. The standard InChI is InChI=1S/C21H22F3N3O2/c22-21(23,24)16-7-4-8-17(13-16)26-20(29)18(14-5-2-1-3-6-14)27-11-9-15(10-12-27)19(25)28/h1-8,13,15,18H,9-12H2,(H2,25,28)(H,26,29). The van der Waals surface area contributed by atoms with E-state index in [1.54, 1.807) is 24.3 Å². The molecule has 1 saturated heterocycles. The molecule has 2 aromatic rings. The van der Waals surface area contributed by atoms with Crippen LogP contribution in [0.2, 0.25) is 0 Å². The Morgan fingerprint density at radius 3 is 2.28 bits per heavy atom. The molecular weight excluding hydrogens is 383 g/mol. The van der Waals surface area contributed by atoms with Gasteiger partial charge in [-0.3, -0.25) is 14.5 Å². The molecule has 29 heavy (non-hydrogen) atoms. The predicted molar refractivity (Wildman–Crippen MR) is 103 cm³/mol. The second-order valence-electron chi connectivity index (χ2n) is 7.09. The van der Waals surface area contributed by atoms with E-state index in [-0.39, 0.29) is 17.5 Å². The first kappa shape index (κ1) is 20.9. The van der Waals surface area contributed by atoms with E-state index in [9.17, 15) is 22.8 Å². The summed E-state index contributed by atoms with van der Waals surface area (Å²) >= 11 is 0. The van der Waals surface area contributed by atoms with Gasteiger partial charge in [0.05, 0.1) is 5.56 Å². The number of likely N-dealkylation sites (tertiary alicyclic amines) is 1. The van der Waals surface area contributed by atoms with Crippen molar-refractivity contribution in [3.63, 3.8) is 0 Å². The van der Waals surface area contributed by atoms with E-state index in [1.807, 2.05) is 11.0 Å². The van der Waals surface area contributed by atoms with Crippen LogP contribution in [-0.2, 0) is 15.8 Å². The number of primary amides is 1. The van der Waals surface area contributed by atoms with Crippen LogP contribution in [0.25, 0.3) is 0 Å². The fourth-order valence-corrected chi connectivity index (χ4v) is 3.59. The minimum atomic E-state index is -4.49. The Labute approximate surface area is 166 Å². The molecule has 154 valence electrons. The molecular formula is C21H22F3N3O2. The summed E-state index contributed by atoms with van der Waals surface area (Å²) in [5.74, 6) is -1.00. The van der Waals surface area contributed by atoms with Crippen molar-refractivity contribution in [2.75, 3.05) is 18.4 Å². The average molecular weight is 405 g/mol. The lowest BCUT2D eigenvalue weighted by Crippen LogP contribution is -2.44. The summed E-state index contributed by atoms with van der Waals surface area (Å²) in [6, 6.07) is 12.9. The van der Waals surface area contributed by atoms with Crippen LogP contribution >= 0.6 is 0 Å². The van der Waals surface area contributed by atoms with Gasteiger partial charge in [-0.15, -0.1) is 0 Å². The molecule has 3 N–H and O–H groups in total. The van der Waals surface area contributed by atoms with Gasteiger partial charge in [-0.25, -0.2) is 0 Å². The highest BCUT2D eigenvalue weighted by Crippen LogP contribution is 2.32. The van der Waals surface area contributed by atoms with Crippen molar-refractivity contribution < 1.29 is 22.8 Å². The zero-order valence-electron chi connectivity index (χ0n) is 15.7. The van der Waals surface area contributed by atoms with Gasteiger partial charge < -0.3 is 11.1 Å². The first-order valence-corrected chi connectivity index (χ1v) is 9.32. The fourth-order valence-electron chi connectivity index (χ4n) is 3.59. The van der Waals surface area contributed by atoms with E-state index >= 15 is 0 Å². The summed E-state index contributed by atoms with van der Waals surface area (Å²) < 4.78 is 38.9.